The molecule has 460 valence electrons. The van der Waals surface area contributed by atoms with E-state index in [9.17, 15) is 0 Å². The first kappa shape index (κ1) is 53.7. The minimum absolute atomic E-state index is 0.0741. The molecule has 1 atom stereocenters. The van der Waals surface area contributed by atoms with Crippen molar-refractivity contribution < 1.29 is 13.3 Å². The lowest BCUT2D eigenvalue weighted by molar-refractivity contribution is 0.599. The van der Waals surface area contributed by atoms with Crippen molar-refractivity contribution >= 4 is 65.8 Å². The molecule has 6 aliphatic carbocycles. The van der Waals surface area contributed by atoms with E-state index < -0.39 is 10.8 Å². The Kier molecular flexibility index (Phi) is 10.0. The molecule has 3 aromatic heterocycles. The molecule has 0 bridgehead atoms. The molecule has 0 aliphatic heterocycles. The minimum Gasteiger partial charge on any atom is -0.456 e. The summed E-state index contributed by atoms with van der Waals surface area (Å²) in [7, 11) is 0. The molecule has 0 N–H and O–H groups in total. The van der Waals surface area contributed by atoms with E-state index in [4.69, 9.17) is 13.3 Å². The van der Waals surface area contributed by atoms with Gasteiger partial charge in [-0.3, -0.25) is 0 Å². The van der Waals surface area contributed by atoms with Gasteiger partial charge in [0.15, 0.2) is 0 Å². The summed E-state index contributed by atoms with van der Waals surface area (Å²) >= 11 is 0. The highest BCUT2D eigenvalue weighted by Gasteiger charge is 2.57. The Morgan fingerprint density at radius 3 is 1.38 bits per heavy atom. The molecular formula is C95H62O3. The van der Waals surface area contributed by atoms with Crippen molar-refractivity contribution in [3.8, 4) is 66.8 Å². The van der Waals surface area contributed by atoms with Gasteiger partial charge < -0.3 is 13.3 Å². The first-order valence-corrected chi connectivity index (χ1v) is 34.9. The molecule has 3 heteroatoms. The molecular weight excluding hydrogens is 1190 g/mol. The molecule has 0 amide bonds. The normalized spacial score (nSPS) is 15.9. The Morgan fingerprint density at radius 2 is 0.704 bits per heavy atom. The monoisotopic (exact) mass is 1250 g/mol. The van der Waals surface area contributed by atoms with Gasteiger partial charge >= 0.3 is 0 Å². The van der Waals surface area contributed by atoms with E-state index >= 15 is 0 Å². The average Bonchev–Trinajstić information content (AvgIpc) is 1.49. The van der Waals surface area contributed by atoms with Crippen LogP contribution in [0, 0.1) is 0 Å². The highest BCUT2D eigenvalue weighted by molar-refractivity contribution is 6.21. The van der Waals surface area contributed by atoms with E-state index in [1.54, 1.807) is 0 Å². The molecule has 6 aliphatic rings. The van der Waals surface area contributed by atoms with Crippen LogP contribution in [0.15, 0.2) is 286 Å². The summed E-state index contributed by atoms with van der Waals surface area (Å²) < 4.78 is 20.5. The number of furan rings is 3. The average molecular weight is 1250 g/mol. The predicted molar refractivity (Wildman–Crippen MR) is 399 cm³/mol. The Morgan fingerprint density at radius 1 is 0.265 bits per heavy atom. The number of hydrogen-bond donors (Lipinski definition) is 0. The summed E-state index contributed by atoms with van der Waals surface area (Å²) in [5, 5.41) is 7.04. The first-order chi connectivity index (χ1) is 48.1. The molecule has 17 aromatic rings. The van der Waals surface area contributed by atoms with Crippen LogP contribution in [0.1, 0.15) is 117 Å². The van der Waals surface area contributed by atoms with Crippen molar-refractivity contribution in [2.24, 2.45) is 0 Å². The van der Waals surface area contributed by atoms with Crippen molar-refractivity contribution in [3.05, 3.63) is 356 Å². The molecule has 3 nitrogen and oxygen atoms in total. The summed E-state index contributed by atoms with van der Waals surface area (Å²) in [5.41, 5.74) is 39.5. The molecule has 0 saturated heterocycles. The number of fused-ring (bicyclic) bond motifs is 39. The molecule has 0 fully saturated rings. The molecule has 0 saturated carbocycles. The van der Waals surface area contributed by atoms with Crippen LogP contribution >= 0.6 is 0 Å². The third-order valence-electron chi connectivity index (χ3n) is 24.7. The van der Waals surface area contributed by atoms with Gasteiger partial charge in [-0.2, -0.15) is 0 Å². The Bertz CT molecular complexity index is 6430. The van der Waals surface area contributed by atoms with Crippen LogP contribution in [0.4, 0.5) is 0 Å². The zero-order chi connectivity index (χ0) is 64.4. The van der Waals surface area contributed by atoms with E-state index in [-0.39, 0.29) is 16.7 Å². The molecule has 23 rings (SSSR count). The Balaban J connectivity index is 0.760. The van der Waals surface area contributed by atoms with Gasteiger partial charge in [0.1, 0.15) is 33.5 Å². The van der Waals surface area contributed by atoms with Crippen LogP contribution in [0.3, 0.4) is 0 Å². The van der Waals surface area contributed by atoms with Gasteiger partial charge in [-0.1, -0.05) is 252 Å². The highest BCUT2D eigenvalue weighted by atomic mass is 16.3. The van der Waals surface area contributed by atoms with Crippen LogP contribution in [-0.2, 0) is 34.5 Å². The lowest BCUT2D eigenvalue weighted by atomic mass is 9.68. The van der Waals surface area contributed by atoms with Crippen LogP contribution in [0.5, 0.6) is 0 Å². The van der Waals surface area contributed by atoms with Gasteiger partial charge in [0.25, 0.3) is 0 Å². The van der Waals surface area contributed by atoms with Crippen molar-refractivity contribution in [2.45, 2.75) is 68.1 Å². The third-order valence-corrected chi connectivity index (χ3v) is 24.7. The van der Waals surface area contributed by atoms with Crippen LogP contribution in [0.2, 0.25) is 0 Å². The van der Waals surface area contributed by atoms with Gasteiger partial charge in [-0.05, 0) is 212 Å². The fraction of sp³-hybridized carbons (Fsp3) is 0.116. The van der Waals surface area contributed by atoms with Crippen molar-refractivity contribution in [1.82, 2.24) is 0 Å². The largest absolute Gasteiger partial charge is 0.456 e. The predicted octanol–water partition coefficient (Wildman–Crippen LogP) is 24.3. The molecule has 2 spiro atoms. The topological polar surface area (TPSA) is 39.4 Å². The van der Waals surface area contributed by atoms with Crippen molar-refractivity contribution in [2.75, 3.05) is 0 Å². The molecule has 98 heavy (non-hydrogen) atoms. The first-order valence-electron chi connectivity index (χ1n) is 34.9. The van der Waals surface area contributed by atoms with E-state index in [0.717, 1.165) is 62.5 Å². The van der Waals surface area contributed by atoms with Crippen molar-refractivity contribution in [3.63, 3.8) is 0 Å². The van der Waals surface area contributed by atoms with Gasteiger partial charge in [0.2, 0.25) is 0 Å². The fourth-order valence-electron chi connectivity index (χ4n) is 20.8. The molecule has 14 aromatic carbocycles. The zero-order valence-electron chi connectivity index (χ0n) is 54.7. The molecule has 3 heterocycles. The fourth-order valence-corrected chi connectivity index (χ4v) is 20.8. The zero-order valence-corrected chi connectivity index (χ0v) is 54.7. The highest BCUT2D eigenvalue weighted by Crippen LogP contribution is 2.70. The number of benzene rings is 14. The second-order valence-electron chi connectivity index (χ2n) is 29.9. The SMILES string of the molecule is CC1(C)c2ccccc2-c2c1c1c(c3c2oc2ccccc23)-c2ccc(CC(Cc3ccc4oc5ccccc5c4c3)c3ccc4c(c3)C3(c5ccccc5-c5ccccc53)c3cc5c(cc3-4)C3(c4ccccc4-c4ccccc43)c3ccc4oc6ccccc6c4c3-5)cc2C1(C)C. The summed E-state index contributed by atoms with van der Waals surface area (Å²) in [6.45, 7) is 9.85. The number of para-hydroxylation sites is 3. The van der Waals surface area contributed by atoms with E-state index in [1.807, 2.05) is 0 Å². The van der Waals surface area contributed by atoms with E-state index in [1.165, 1.54) is 166 Å². The van der Waals surface area contributed by atoms with Gasteiger partial charge in [0.05, 0.1) is 10.8 Å². The summed E-state index contributed by atoms with van der Waals surface area (Å²) in [5.74, 6) is 0.0741. The maximum atomic E-state index is 7.11. The summed E-state index contributed by atoms with van der Waals surface area (Å²) in [6.07, 6.45) is 1.65. The lowest BCUT2D eigenvalue weighted by Crippen LogP contribution is -2.27. The summed E-state index contributed by atoms with van der Waals surface area (Å²) in [6, 6.07) is 104. The van der Waals surface area contributed by atoms with Crippen LogP contribution < -0.4 is 0 Å². The Hall–Kier alpha value is -11.5. The van der Waals surface area contributed by atoms with E-state index in [2.05, 4.69) is 301 Å². The van der Waals surface area contributed by atoms with E-state index in [0.29, 0.717) is 0 Å². The maximum Gasteiger partial charge on any atom is 0.144 e. The number of hydrogen-bond acceptors (Lipinski definition) is 3. The molecule has 1 unspecified atom stereocenters. The minimum atomic E-state index is -0.643. The van der Waals surface area contributed by atoms with Crippen LogP contribution in [0.25, 0.3) is 133 Å². The van der Waals surface area contributed by atoms with Crippen molar-refractivity contribution in [1.29, 1.82) is 0 Å². The van der Waals surface area contributed by atoms with Gasteiger partial charge in [-0.15, -0.1) is 0 Å². The van der Waals surface area contributed by atoms with Crippen LogP contribution in [-0.4, -0.2) is 0 Å². The Labute approximate surface area is 566 Å². The smallest absolute Gasteiger partial charge is 0.144 e. The number of rotatable bonds is 5. The summed E-state index contributed by atoms with van der Waals surface area (Å²) in [4.78, 5) is 0. The second kappa shape index (κ2) is 18.3. The van der Waals surface area contributed by atoms with Gasteiger partial charge in [-0.25, -0.2) is 0 Å². The lowest BCUT2D eigenvalue weighted by Gasteiger charge is -2.32. The molecule has 0 radical (unpaired) electrons. The standard InChI is InChI=1S/C95H62O3/c1-92(2)69-29-13-9-26-62(69)88-90(92)89-86(87-65-28-12-20-36-81(65)98-91(87)88)63-40-37-53(48-75(63)93(89,3)4)46-55(45-52-38-43-82-67(47-52)61-25-10-18-34-79(61)96-82)54-39-41-60-66-50-78-68(51-77(66)95(76(60)49-54)72-32-16-7-23-58(72)59-24-8-17-33-73(59)95)84-74(42-44-83-85(84)64-27-11-19-35-80(64)97-83)94(78)70-30-14-5-21-56(70)57-22-6-15-31-71(57)94/h5-44,47-51,55H,45-46H2,1-4H3. The quantitative estimate of drug-likeness (QED) is 0.172. The third kappa shape index (κ3) is 6.35. The maximum absolute atomic E-state index is 7.11. The second-order valence-corrected chi connectivity index (χ2v) is 29.9. The van der Waals surface area contributed by atoms with Gasteiger partial charge in [0, 0.05) is 48.7 Å².